The number of hydrogen-bond donors (Lipinski definition) is 1. The van der Waals surface area contributed by atoms with Gasteiger partial charge in [0.2, 0.25) is 0 Å². The summed E-state index contributed by atoms with van der Waals surface area (Å²) >= 11 is 0. The van der Waals surface area contributed by atoms with Crippen LogP contribution in [0, 0.1) is 5.92 Å². The Morgan fingerprint density at radius 3 is 2.73 bits per heavy atom. The highest BCUT2D eigenvalue weighted by Gasteiger charge is 2.03. The van der Waals surface area contributed by atoms with E-state index in [0.29, 0.717) is 6.04 Å². The molecule has 0 saturated carbocycles. The van der Waals surface area contributed by atoms with Crippen LogP contribution in [0.3, 0.4) is 0 Å². The molecule has 0 fully saturated rings. The predicted octanol–water partition coefficient (Wildman–Crippen LogP) is 2.47. The van der Waals surface area contributed by atoms with Crippen LogP contribution in [0.25, 0.3) is 0 Å². The topological polar surface area (TPSA) is 29.9 Å². The molecule has 0 spiro atoms. The van der Waals surface area contributed by atoms with Gasteiger partial charge in [0.25, 0.3) is 0 Å². The lowest BCUT2D eigenvalue weighted by Gasteiger charge is -2.12. The molecule has 0 aliphatic carbocycles. The maximum absolute atomic E-state index is 4.24. The molecule has 1 N–H and O–H groups in total. The molecule has 3 heteroatoms. The van der Waals surface area contributed by atoms with Crippen molar-refractivity contribution in [1.29, 1.82) is 0 Å². The molecule has 0 amide bonds. The molecule has 0 aliphatic rings. The minimum absolute atomic E-state index is 0.515. The van der Waals surface area contributed by atoms with E-state index >= 15 is 0 Å². The largest absolute Gasteiger partial charge is 0.316 e. The normalized spacial score (nSPS) is 13.3. The SMILES string of the molecule is CC(C)CNCCCC(C)n1cccn1. The Hall–Kier alpha value is -0.830. The average Bonchev–Trinajstić information content (AvgIpc) is 2.69. The fourth-order valence-electron chi connectivity index (χ4n) is 1.59. The highest BCUT2D eigenvalue weighted by Crippen LogP contribution is 2.10. The summed E-state index contributed by atoms with van der Waals surface area (Å²) in [6, 6.07) is 2.49. The van der Waals surface area contributed by atoms with Crippen LogP contribution in [0.1, 0.15) is 39.7 Å². The molecule has 1 heterocycles. The predicted molar refractivity (Wildman–Crippen MR) is 63.9 cm³/mol. The van der Waals surface area contributed by atoms with Crippen LogP contribution >= 0.6 is 0 Å². The number of hydrogen-bond acceptors (Lipinski definition) is 2. The summed E-state index contributed by atoms with van der Waals surface area (Å²) in [4.78, 5) is 0. The summed E-state index contributed by atoms with van der Waals surface area (Å²) in [5.41, 5.74) is 0. The van der Waals surface area contributed by atoms with Crippen LogP contribution in [0.4, 0.5) is 0 Å². The molecule has 0 aliphatic heterocycles. The minimum Gasteiger partial charge on any atom is -0.316 e. The molecule has 1 unspecified atom stereocenters. The second-order valence-electron chi connectivity index (χ2n) is 4.58. The van der Waals surface area contributed by atoms with Crippen LogP contribution < -0.4 is 5.32 Å². The maximum atomic E-state index is 4.24. The Balaban J connectivity index is 2.05. The van der Waals surface area contributed by atoms with Gasteiger partial charge in [-0.3, -0.25) is 4.68 Å². The van der Waals surface area contributed by atoms with E-state index in [1.807, 2.05) is 23.1 Å². The van der Waals surface area contributed by atoms with Gasteiger partial charge in [-0.25, -0.2) is 0 Å². The monoisotopic (exact) mass is 209 g/mol. The van der Waals surface area contributed by atoms with Gasteiger partial charge in [-0.2, -0.15) is 5.10 Å². The zero-order valence-electron chi connectivity index (χ0n) is 10.1. The highest BCUT2D eigenvalue weighted by atomic mass is 15.3. The first kappa shape index (κ1) is 12.2. The second kappa shape index (κ2) is 6.62. The van der Waals surface area contributed by atoms with Gasteiger partial charge in [0.1, 0.15) is 0 Å². The summed E-state index contributed by atoms with van der Waals surface area (Å²) in [6.07, 6.45) is 6.28. The molecule has 1 aromatic rings. The summed E-state index contributed by atoms with van der Waals surface area (Å²) in [7, 11) is 0. The van der Waals surface area contributed by atoms with Crippen molar-refractivity contribution < 1.29 is 0 Å². The van der Waals surface area contributed by atoms with Crippen LogP contribution in [-0.2, 0) is 0 Å². The fourth-order valence-corrected chi connectivity index (χ4v) is 1.59. The standard InChI is InChI=1S/C12H23N3/c1-11(2)10-13-7-4-6-12(3)15-9-5-8-14-15/h5,8-9,11-13H,4,6-7,10H2,1-3H3. The van der Waals surface area contributed by atoms with Gasteiger partial charge in [0, 0.05) is 18.4 Å². The van der Waals surface area contributed by atoms with Crippen LogP contribution in [0.15, 0.2) is 18.5 Å². The zero-order valence-corrected chi connectivity index (χ0v) is 10.1. The van der Waals surface area contributed by atoms with Crippen molar-refractivity contribution in [2.75, 3.05) is 13.1 Å². The van der Waals surface area contributed by atoms with E-state index in [4.69, 9.17) is 0 Å². The molecule has 0 bridgehead atoms. The van der Waals surface area contributed by atoms with Crippen LogP contribution in [-0.4, -0.2) is 22.9 Å². The minimum atomic E-state index is 0.515. The molecule has 1 rings (SSSR count). The number of nitrogens with zero attached hydrogens (tertiary/aromatic N) is 2. The quantitative estimate of drug-likeness (QED) is 0.699. The van der Waals surface area contributed by atoms with Gasteiger partial charge in [-0.1, -0.05) is 13.8 Å². The number of nitrogens with one attached hydrogen (secondary N) is 1. The first-order valence-corrected chi connectivity index (χ1v) is 5.90. The van der Waals surface area contributed by atoms with Crippen molar-refractivity contribution in [2.24, 2.45) is 5.92 Å². The van der Waals surface area contributed by atoms with E-state index in [1.54, 1.807) is 0 Å². The third-order valence-corrected chi connectivity index (χ3v) is 2.50. The van der Waals surface area contributed by atoms with E-state index in [2.05, 4.69) is 31.2 Å². The molecular weight excluding hydrogens is 186 g/mol. The molecule has 1 aromatic heterocycles. The average molecular weight is 209 g/mol. The highest BCUT2D eigenvalue weighted by molar-refractivity contribution is 4.80. The summed E-state index contributed by atoms with van der Waals surface area (Å²) in [5.74, 6) is 0.744. The van der Waals surface area contributed by atoms with E-state index in [0.717, 1.165) is 19.0 Å². The van der Waals surface area contributed by atoms with Crippen molar-refractivity contribution in [3.8, 4) is 0 Å². The first-order valence-electron chi connectivity index (χ1n) is 5.90. The molecule has 3 nitrogen and oxygen atoms in total. The van der Waals surface area contributed by atoms with Crippen molar-refractivity contribution >= 4 is 0 Å². The third-order valence-electron chi connectivity index (χ3n) is 2.50. The summed E-state index contributed by atoms with van der Waals surface area (Å²) in [6.45, 7) is 8.92. The van der Waals surface area contributed by atoms with E-state index in [9.17, 15) is 0 Å². The van der Waals surface area contributed by atoms with Crippen LogP contribution in [0.2, 0.25) is 0 Å². The lowest BCUT2D eigenvalue weighted by Crippen LogP contribution is -2.21. The Labute approximate surface area is 92.9 Å². The Kier molecular flexibility index (Phi) is 5.40. The van der Waals surface area contributed by atoms with Crippen molar-refractivity contribution in [2.45, 2.75) is 39.7 Å². The molecule has 0 radical (unpaired) electrons. The van der Waals surface area contributed by atoms with Crippen LogP contribution in [0.5, 0.6) is 0 Å². The fraction of sp³-hybridized carbons (Fsp3) is 0.750. The van der Waals surface area contributed by atoms with Crippen molar-refractivity contribution in [3.05, 3.63) is 18.5 Å². The lowest BCUT2D eigenvalue weighted by molar-refractivity contribution is 0.433. The van der Waals surface area contributed by atoms with Gasteiger partial charge in [0.15, 0.2) is 0 Å². The maximum Gasteiger partial charge on any atom is 0.0491 e. The van der Waals surface area contributed by atoms with E-state index in [1.165, 1.54) is 12.8 Å². The van der Waals surface area contributed by atoms with Crippen molar-refractivity contribution in [1.82, 2.24) is 15.1 Å². The molecule has 0 saturated heterocycles. The second-order valence-corrected chi connectivity index (χ2v) is 4.58. The molecule has 15 heavy (non-hydrogen) atoms. The van der Waals surface area contributed by atoms with Crippen molar-refractivity contribution in [3.63, 3.8) is 0 Å². The molecule has 86 valence electrons. The van der Waals surface area contributed by atoms with E-state index in [-0.39, 0.29) is 0 Å². The van der Waals surface area contributed by atoms with E-state index < -0.39 is 0 Å². The Bertz CT molecular complexity index is 241. The van der Waals surface area contributed by atoms with Gasteiger partial charge in [-0.05, 0) is 44.8 Å². The number of aromatic nitrogens is 2. The number of rotatable bonds is 7. The molecular formula is C12H23N3. The summed E-state index contributed by atoms with van der Waals surface area (Å²) in [5, 5.41) is 7.70. The zero-order chi connectivity index (χ0) is 11.1. The molecule has 0 aromatic carbocycles. The lowest BCUT2D eigenvalue weighted by atomic mass is 10.2. The molecule has 1 atom stereocenters. The van der Waals surface area contributed by atoms with Gasteiger partial charge in [-0.15, -0.1) is 0 Å². The van der Waals surface area contributed by atoms with Gasteiger partial charge >= 0.3 is 0 Å². The summed E-state index contributed by atoms with van der Waals surface area (Å²) < 4.78 is 2.03. The Morgan fingerprint density at radius 1 is 1.33 bits per heavy atom. The van der Waals surface area contributed by atoms with Gasteiger partial charge < -0.3 is 5.32 Å². The first-order chi connectivity index (χ1) is 7.20. The third kappa shape index (κ3) is 4.98. The Morgan fingerprint density at radius 2 is 2.13 bits per heavy atom. The van der Waals surface area contributed by atoms with Gasteiger partial charge in [0.05, 0.1) is 0 Å². The smallest absolute Gasteiger partial charge is 0.0491 e.